The molecule has 1 N–H and O–H groups in total. The molecular formula is C16H15FO2. The zero-order chi connectivity index (χ0) is 14.2. The second-order valence-electron chi connectivity index (χ2n) is 4.75. The van der Waals surface area contributed by atoms with E-state index in [9.17, 15) is 14.3 Å². The number of aryl methyl sites for hydroxylation is 3. The van der Waals surface area contributed by atoms with Crippen molar-refractivity contribution in [1.82, 2.24) is 0 Å². The van der Waals surface area contributed by atoms with Crippen molar-refractivity contribution in [3.63, 3.8) is 0 Å². The predicted molar refractivity (Wildman–Crippen MR) is 73.0 cm³/mol. The SMILES string of the molecule is Cc1cc(C)c(-c2ccc(F)cc2C)cc1C(=O)O. The first-order valence-electron chi connectivity index (χ1n) is 6.01. The fraction of sp³-hybridized carbons (Fsp3) is 0.188. The summed E-state index contributed by atoms with van der Waals surface area (Å²) in [5, 5.41) is 9.18. The van der Waals surface area contributed by atoms with E-state index in [1.807, 2.05) is 19.9 Å². The number of rotatable bonds is 2. The van der Waals surface area contributed by atoms with E-state index in [2.05, 4.69) is 0 Å². The number of hydrogen-bond acceptors (Lipinski definition) is 1. The zero-order valence-electron chi connectivity index (χ0n) is 11.1. The molecule has 0 saturated heterocycles. The molecule has 2 nitrogen and oxygen atoms in total. The molecule has 2 aromatic carbocycles. The summed E-state index contributed by atoms with van der Waals surface area (Å²) in [6, 6.07) is 8.04. The lowest BCUT2D eigenvalue weighted by Gasteiger charge is -2.12. The van der Waals surface area contributed by atoms with Gasteiger partial charge in [-0.2, -0.15) is 0 Å². The smallest absolute Gasteiger partial charge is 0.335 e. The highest BCUT2D eigenvalue weighted by molar-refractivity contribution is 5.92. The van der Waals surface area contributed by atoms with E-state index in [0.717, 1.165) is 27.8 Å². The molecule has 0 aromatic heterocycles. The van der Waals surface area contributed by atoms with Gasteiger partial charge in [0.2, 0.25) is 0 Å². The van der Waals surface area contributed by atoms with Crippen LogP contribution in [0.2, 0.25) is 0 Å². The Bertz CT molecular complexity index is 660. The van der Waals surface area contributed by atoms with Crippen molar-refractivity contribution in [3.8, 4) is 11.1 Å². The van der Waals surface area contributed by atoms with Gasteiger partial charge < -0.3 is 5.11 Å². The minimum absolute atomic E-state index is 0.282. The molecule has 0 aliphatic carbocycles. The summed E-state index contributed by atoms with van der Waals surface area (Å²) in [7, 11) is 0. The van der Waals surface area contributed by atoms with Crippen molar-refractivity contribution in [3.05, 3.63) is 58.4 Å². The third-order valence-corrected chi connectivity index (χ3v) is 3.28. The van der Waals surface area contributed by atoms with Crippen molar-refractivity contribution in [2.45, 2.75) is 20.8 Å². The molecule has 0 fully saturated rings. The predicted octanol–water partition coefficient (Wildman–Crippen LogP) is 4.12. The van der Waals surface area contributed by atoms with Crippen LogP contribution in [0.4, 0.5) is 4.39 Å². The van der Waals surface area contributed by atoms with Crippen molar-refractivity contribution in [2.75, 3.05) is 0 Å². The Morgan fingerprint density at radius 3 is 2.16 bits per heavy atom. The standard InChI is InChI=1S/C16H15FO2/c1-9-6-10(2)15(16(18)19)8-14(9)13-5-4-12(17)7-11(13)3/h4-8H,1-3H3,(H,18,19). The van der Waals surface area contributed by atoms with Gasteiger partial charge in [-0.05, 0) is 66.8 Å². The number of carboxylic acids is 1. The summed E-state index contributed by atoms with van der Waals surface area (Å²) in [6.07, 6.45) is 0. The third-order valence-electron chi connectivity index (χ3n) is 3.28. The molecule has 0 spiro atoms. The molecule has 0 aliphatic heterocycles. The lowest BCUT2D eigenvalue weighted by molar-refractivity contribution is 0.0696. The molecule has 0 heterocycles. The maximum absolute atomic E-state index is 13.1. The highest BCUT2D eigenvalue weighted by Gasteiger charge is 2.13. The van der Waals surface area contributed by atoms with Crippen LogP contribution in [0, 0.1) is 26.6 Å². The van der Waals surface area contributed by atoms with Gasteiger partial charge in [0.15, 0.2) is 0 Å². The number of carboxylic acid groups (broad SMARTS) is 1. The number of carbonyl (C=O) groups is 1. The zero-order valence-corrected chi connectivity index (χ0v) is 11.1. The van der Waals surface area contributed by atoms with E-state index >= 15 is 0 Å². The van der Waals surface area contributed by atoms with Crippen LogP contribution in [0.1, 0.15) is 27.0 Å². The average Bonchev–Trinajstić information content (AvgIpc) is 2.30. The molecule has 0 radical (unpaired) electrons. The van der Waals surface area contributed by atoms with Crippen LogP contribution in [0.25, 0.3) is 11.1 Å². The van der Waals surface area contributed by atoms with Crippen LogP contribution in [0.15, 0.2) is 30.3 Å². The van der Waals surface area contributed by atoms with Crippen molar-refractivity contribution < 1.29 is 14.3 Å². The number of aromatic carboxylic acids is 1. The van der Waals surface area contributed by atoms with Gasteiger partial charge in [0, 0.05) is 0 Å². The van der Waals surface area contributed by atoms with Gasteiger partial charge in [-0.25, -0.2) is 9.18 Å². The van der Waals surface area contributed by atoms with Gasteiger partial charge in [0.25, 0.3) is 0 Å². The minimum atomic E-state index is -0.946. The highest BCUT2D eigenvalue weighted by Crippen LogP contribution is 2.29. The maximum Gasteiger partial charge on any atom is 0.335 e. The summed E-state index contributed by atoms with van der Waals surface area (Å²) in [5.74, 6) is -1.23. The quantitative estimate of drug-likeness (QED) is 0.879. The van der Waals surface area contributed by atoms with Crippen LogP contribution < -0.4 is 0 Å². The molecule has 0 aliphatic rings. The first-order chi connectivity index (χ1) is 8.90. The first-order valence-corrected chi connectivity index (χ1v) is 6.01. The molecule has 98 valence electrons. The number of benzene rings is 2. The average molecular weight is 258 g/mol. The van der Waals surface area contributed by atoms with Crippen LogP contribution in [0.3, 0.4) is 0 Å². The molecule has 0 amide bonds. The summed E-state index contributed by atoms with van der Waals surface area (Å²) in [4.78, 5) is 11.2. The molecule has 2 aromatic rings. The normalized spacial score (nSPS) is 10.5. The molecule has 0 unspecified atom stereocenters. The van der Waals surface area contributed by atoms with E-state index in [-0.39, 0.29) is 11.4 Å². The van der Waals surface area contributed by atoms with Gasteiger partial charge in [-0.3, -0.25) is 0 Å². The molecule has 2 rings (SSSR count). The summed E-state index contributed by atoms with van der Waals surface area (Å²) < 4.78 is 13.1. The summed E-state index contributed by atoms with van der Waals surface area (Å²) in [6.45, 7) is 5.52. The van der Waals surface area contributed by atoms with E-state index < -0.39 is 5.97 Å². The van der Waals surface area contributed by atoms with Gasteiger partial charge in [0.1, 0.15) is 5.82 Å². The fourth-order valence-corrected chi connectivity index (χ4v) is 2.30. The molecule has 0 saturated carbocycles. The molecule has 19 heavy (non-hydrogen) atoms. The lowest BCUT2D eigenvalue weighted by Crippen LogP contribution is -2.01. The highest BCUT2D eigenvalue weighted by atomic mass is 19.1. The first kappa shape index (κ1) is 13.3. The monoisotopic (exact) mass is 258 g/mol. The maximum atomic E-state index is 13.1. The lowest BCUT2D eigenvalue weighted by atomic mass is 9.92. The second-order valence-corrected chi connectivity index (χ2v) is 4.75. The van der Waals surface area contributed by atoms with Gasteiger partial charge >= 0.3 is 5.97 Å². The third kappa shape index (κ3) is 2.50. The largest absolute Gasteiger partial charge is 0.478 e. The molecule has 3 heteroatoms. The Morgan fingerprint density at radius 2 is 1.58 bits per heavy atom. The van der Waals surface area contributed by atoms with Gasteiger partial charge in [0.05, 0.1) is 5.56 Å². The van der Waals surface area contributed by atoms with Crippen molar-refractivity contribution >= 4 is 5.97 Å². The Morgan fingerprint density at radius 1 is 0.947 bits per heavy atom. The second kappa shape index (κ2) is 4.84. The molecule has 0 atom stereocenters. The van der Waals surface area contributed by atoms with E-state index in [4.69, 9.17) is 0 Å². The van der Waals surface area contributed by atoms with E-state index in [1.54, 1.807) is 19.1 Å². The fourth-order valence-electron chi connectivity index (χ4n) is 2.30. The van der Waals surface area contributed by atoms with Crippen LogP contribution in [-0.2, 0) is 0 Å². The molecular weight excluding hydrogens is 243 g/mol. The Balaban J connectivity index is 2.68. The van der Waals surface area contributed by atoms with E-state index in [0.29, 0.717) is 0 Å². The molecule has 0 bridgehead atoms. The van der Waals surface area contributed by atoms with Gasteiger partial charge in [-0.1, -0.05) is 12.1 Å². The van der Waals surface area contributed by atoms with Crippen LogP contribution in [0.5, 0.6) is 0 Å². The number of halogens is 1. The number of hydrogen-bond donors (Lipinski definition) is 1. The topological polar surface area (TPSA) is 37.3 Å². The Hall–Kier alpha value is -2.16. The Labute approximate surface area is 111 Å². The summed E-state index contributed by atoms with van der Waals surface area (Å²) in [5.41, 5.74) is 4.49. The summed E-state index contributed by atoms with van der Waals surface area (Å²) >= 11 is 0. The van der Waals surface area contributed by atoms with E-state index in [1.165, 1.54) is 12.1 Å². The minimum Gasteiger partial charge on any atom is -0.478 e. The van der Waals surface area contributed by atoms with Crippen molar-refractivity contribution in [2.24, 2.45) is 0 Å². The Kier molecular flexibility index (Phi) is 3.38. The van der Waals surface area contributed by atoms with Crippen LogP contribution in [-0.4, -0.2) is 11.1 Å². The van der Waals surface area contributed by atoms with Gasteiger partial charge in [-0.15, -0.1) is 0 Å². The van der Waals surface area contributed by atoms with Crippen molar-refractivity contribution in [1.29, 1.82) is 0 Å². The van der Waals surface area contributed by atoms with Crippen LogP contribution >= 0.6 is 0 Å².